The van der Waals surface area contributed by atoms with Crippen molar-refractivity contribution in [2.45, 2.75) is 32.5 Å². The monoisotopic (exact) mass is 527 g/mol. The molecule has 0 unspecified atom stereocenters. The molecule has 156 valence electrons. The van der Waals surface area contributed by atoms with E-state index in [0.29, 0.717) is 26.9 Å². The normalized spacial score (nSPS) is 20.0. The number of rotatable bonds is 5. The molecule has 2 N–H and O–H groups in total. The van der Waals surface area contributed by atoms with Crippen molar-refractivity contribution in [1.82, 2.24) is 9.80 Å². The van der Waals surface area contributed by atoms with Crippen LogP contribution in [-0.4, -0.2) is 47.5 Å². The summed E-state index contributed by atoms with van der Waals surface area (Å²) in [5.74, 6) is 0.273. The highest BCUT2D eigenvalue weighted by molar-refractivity contribution is 9.11. The number of benzene rings is 2. The van der Waals surface area contributed by atoms with E-state index < -0.39 is 0 Å². The van der Waals surface area contributed by atoms with Crippen LogP contribution in [0.15, 0.2) is 45.3 Å². The maximum absolute atomic E-state index is 13.1. The molecule has 5 nitrogen and oxygen atoms in total. The largest absolute Gasteiger partial charge is 0.481 e. The van der Waals surface area contributed by atoms with Crippen LogP contribution in [0.5, 0.6) is 5.75 Å². The minimum atomic E-state index is -0.232. The van der Waals surface area contributed by atoms with Gasteiger partial charge in [-0.05, 0) is 75.5 Å². The number of nitrogens with two attached hydrogens (primary N) is 1. The summed E-state index contributed by atoms with van der Waals surface area (Å²) < 4.78 is 20.3. The SMILES string of the molecule is C[C@@H]1CN(Cc2ccc(F)cc2)[C@@H](C)CN1C(=O)COc1c(Br)cc(N)cc1Br. The minimum Gasteiger partial charge on any atom is -0.481 e. The number of carbonyl (C=O) groups is 1. The summed E-state index contributed by atoms with van der Waals surface area (Å²) in [4.78, 5) is 17.0. The zero-order valence-electron chi connectivity index (χ0n) is 16.4. The third-order valence-corrected chi connectivity index (χ3v) is 6.27. The van der Waals surface area contributed by atoms with Gasteiger partial charge < -0.3 is 15.4 Å². The van der Waals surface area contributed by atoms with Gasteiger partial charge in [-0.25, -0.2) is 4.39 Å². The van der Waals surface area contributed by atoms with E-state index in [0.717, 1.165) is 18.7 Å². The average Bonchev–Trinajstić information content (AvgIpc) is 2.65. The Morgan fingerprint density at radius 3 is 2.38 bits per heavy atom. The summed E-state index contributed by atoms with van der Waals surface area (Å²) in [5.41, 5.74) is 7.46. The van der Waals surface area contributed by atoms with Gasteiger partial charge >= 0.3 is 0 Å². The van der Waals surface area contributed by atoms with E-state index in [4.69, 9.17) is 10.5 Å². The van der Waals surface area contributed by atoms with Gasteiger partial charge in [-0.3, -0.25) is 9.69 Å². The Morgan fingerprint density at radius 1 is 1.14 bits per heavy atom. The number of nitrogen functional groups attached to an aromatic ring is 1. The van der Waals surface area contributed by atoms with Crippen molar-refractivity contribution in [1.29, 1.82) is 0 Å². The maximum Gasteiger partial charge on any atom is 0.260 e. The van der Waals surface area contributed by atoms with Crippen LogP contribution in [0.25, 0.3) is 0 Å². The van der Waals surface area contributed by atoms with Crippen molar-refractivity contribution >= 4 is 43.5 Å². The Hall–Kier alpha value is -1.64. The molecule has 0 bridgehead atoms. The van der Waals surface area contributed by atoms with Gasteiger partial charge in [0, 0.05) is 37.4 Å². The number of anilines is 1. The summed E-state index contributed by atoms with van der Waals surface area (Å²) >= 11 is 6.84. The van der Waals surface area contributed by atoms with Gasteiger partial charge in [-0.15, -0.1) is 0 Å². The van der Waals surface area contributed by atoms with E-state index in [1.807, 2.05) is 11.8 Å². The van der Waals surface area contributed by atoms with Crippen LogP contribution >= 0.6 is 31.9 Å². The van der Waals surface area contributed by atoms with E-state index in [2.05, 4.69) is 43.7 Å². The Labute approximate surface area is 187 Å². The molecule has 8 heteroatoms. The molecular formula is C21H24Br2FN3O2. The van der Waals surface area contributed by atoms with Crippen molar-refractivity contribution in [2.24, 2.45) is 0 Å². The molecule has 0 aromatic heterocycles. The number of hydrogen-bond donors (Lipinski definition) is 1. The highest BCUT2D eigenvalue weighted by Crippen LogP contribution is 2.35. The molecule has 1 aliphatic heterocycles. The van der Waals surface area contributed by atoms with E-state index in [1.54, 1.807) is 24.3 Å². The van der Waals surface area contributed by atoms with E-state index >= 15 is 0 Å². The zero-order chi connectivity index (χ0) is 21.1. The van der Waals surface area contributed by atoms with Crippen LogP contribution in [0.3, 0.4) is 0 Å². The van der Waals surface area contributed by atoms with Gasteiger partial charge in [-0.2, -0.15) is 0 Å². The van der Waals surface area contributed by atoms with Crippen molar-refractivity contribution < 1.29 is 13.9 Å². The lowest BCUT2D eigenvalue weighted by molar-refractivity contribution is -0.139. The van der Waals surface area contributed by atoms with E-state index in [1.165, 1.54) is 12.1 Å². The Balaban J connectivity index is 1.59. The molecule has 3 rings (SSSR count). The Morgan fingerprint density at radius 2 is 1.76 bits per heavy atom. The summed E-state index contributed by atoms with van der Waals surface area (Å²) in [5, 5.41) is 0. The second-order valence-corrected chi connectivity index (χ2v) is 9.11. The van der Waals surface area contributed by atoms with Gasteiger partial charge in [0.05, 0.1) is 8.95 Å². The summed E-state index contributed by atoms with van der Waals surface area (Å²) in [6.07, 6.45) is 0. The summed E-state index contributed by atoms with van der Waals surface area (Å²) in [6.45, 7) is 6.19. The first kappa shape index (κ1) is 22.1. The molecule has 2 atom stereocenters. The van der Waals surface area contributed by atoms with Gasteiger partial charge in [0.25, 0.3) is 5.91 Å². The van der Waals surface area contributed by atoms with E-state index in [-0.39, 0.29) is 30.4 Å². The fourth-order valence-electron chi connectivity index (χ4n) is 3.52. The van der Waals surface area contributed by atoms with Crippen molar-refractivity contribution in [3.8, 4) is 5.75 Å². The predicted octanol–water partition coefficient (Wildman–Crippen LogP) is 4.43. The second-order valence-electron chi connectivity index (χ2n) is 7.40. The standard InChI is InChI=1S/C21H24Br2FN3O2/c1-13-10-27(14(2)9-26(13)11-15-3-5-16(24)6-4-15)20(28)12-29-21-18(22)7-17(25)8-19(21)23/h3-8,13-14H,9-12,25H2,1-2H3/t13-,14+/m0/s1. The maximum atomic E-state index is 13.1. The average molecular weight is 529 g/mol. The fourth-order valence-corrected chi connectivity index (χ4v) is 4.98. The molecule has 1 aliphatic rings. The van der Waals surface area contributed by atoms with Crippen LogP contribution in [0.2, 0.25) is 0 Å². The molecule has 2 aromatic rings. The zero-order valence-corrected chi connectivity index (χ0v) is 19.5. The molecule has 1 amide bonds. The number of hydrogen-bond acceptors (Lipinski definition) is 4. The lowest BCUT2D eigenvalue weighted by Gasteiger charge is -2.44. The van der Waals surface area contributed by atoms with Gasteiger partial charge in [-0.1, -0.05) is 12.1 Å². The van der Waals surface area contributed by atoms with Gasteiger partial charge in [0.2, 0.25) is 0 Å². The quantitative estimate of drug-likeness (QED) is 0.583. The highest BCUT2D eigenvalue weighted by Gasteiger charge is 2.32. The lowest BCUT2D eigenvalue weighted by atomic mass is 10.1. The van der Waals surface area contributed by atoms with Gasteiger partial charge in [0.15, 0.2) is 6.61 Å². The molecule has 0 aliphatic carbocycles. The number of amides is 1. The summed E-state index contributed by atoms with van der Waals surface area (Å²) in [6, 6.07) is 10.3. The van der Waals surface area contributed by atoms with E-state index in [9.17, 15) is 9.18 Å². The molecule has 1 saturated heterocycles. The number of nitrogens with zero attached hydrogens (tertiary/aromatic N) is 2. The van der Waals surface area contributed by atoms with Crippen molar-refractivity contribution in [3.63, 3.8) is 0 Å². The van der Waals surface area contributed by atoms with Crippen molar-refractivity contribution in [2.75, 3.05) is 25.4 Å². The smallest absolute Gasteiger partial charge is 0.260 e. The number of carbonyl (C=O) groups excluding carboxylic acids is 1. The Bertz CT molecular complexity index is 856. The van der Waals surface area contributed by atoms with Gasteiger partial charge in [0.1, 0.15) is 11.6 Å². The first-order valence-electron chi connectivity index (χ1n) is 9.40. The predicted molar refractivity (Wildman–Crippen MR) is 119 cm³/mol. The van der Waals surface area contributed by atoms with Crippen LogP contribution in [0.4, 0.5) is 10.1 Å². The lowest BCUT2D eigenvalue weighted by Crippen LogP contribution is -2.58. The topological polar surface area (TPSA) is 58.8 Å². The highest BCUT2D eigenvalue weighted by atomic mass is 79.9. The molecular weight excluding hydrogens is 505 g/mol. The van der Waals surface area contributed by atoms with Crippen LogP contribution in [0.1, 0.15) is 19.4 Å². The number of halogens is 3. The van der Waals surface area contributed by atoms with Crippen LogP contribution in [-0.2, 0) is 11.3 Å². The minimum absolute atomic E-state index is 0.0455. The summed E-state index contributed by atoms with van der Waals surface area (Å²) in [7, 11) is 0. The second kappa shape index (κ2) is 9.45. The molecule has 0 radical (unpaired) electrons. The first-order valence-corrected chi connectivity index (χ1v) is 11.0. The fraction of sp³-hybridized carbons (Fsp3) is 0.381. The molecule has 29 heavy (non-hydrogen) atoms. The first-order chi connectivity index (χ1) is 13.7. The third kappa shape index (κ3) is 5.49. The molecule has 1 heterocycles. The third-order valence-electron chi connectivity index (χ3n) is 5.09. The van der Waals surface area contributed by atoms with Crippen LogP contribution < -0.4 is 10.5 Å². The molecule has 0 spiro atoms. The Kier molecular flexibility index (Phi) is 7.19. The van der Waals surface area contributed by atoms with Crippen molar-refractivity contribution in [3.05, 3.63) is 56.7 Å². The molecule has 0 saturated carbocycles. The number of piperazine rings is 1. The molecule has 1 fully saturated rings. The molecule has 2 aromatic carbocycles. The van der Waals surface area contributed by atoms with Crippen LogP contribution in [0, 0.1) is 5.82 Å². The number of ether oxygens (including phenoxy) is 1.